The van der Waals surface area contributed by atoms with Crippen LogP contribution in [-0.4, -0.2) is 28.0 Å². The van der Waals surface area contributed by atoms with Crippen molar-refractivity contribution in [3.63, 3.8) is 0 Å². The molecule has 33 heavy (non-hydrogen) atoms. The highest BCUT2D eigenvalue weighted by atomic mass is 16.5. The standard InChI is InChI=1S/C26H23N3O4/c1-3-16-33-26(32)19-8-12-20(13-9-19)28-24(30)18-10-14-21(15-11-18)29-17(2)27-23-7-5-4-6-22(23)25(29)31/h4-15H,3,16H2,1-2H3,(H,28,30). The minimum absolute atomic E-state index is 0.159. The van der Waals surface area contributed by atoms with Crippen molar-refractivity contribution in [2.24, 2.45) is 0 Å². The Morgan fingerprint density at radius 2 is 1.61 bits per heavy atom. The monoisotopic (exact) mass is 441 g/mol. The lowest BCUT2D eigenvalue weighted by Crippen LogP contribution is -2.22. The minimum atomic E-state index is -0.390. The topological polar surface area (TPSA) is 90.3 Å². The van der Waals surface area contributed by atoms with Gasteiger partial charge in [0, 0.05) is 11.3 Å². The largest absolute Gasteiger partial charge is 0.462 e. The molecule has 166 valence electrons. The summed E-state index contributed by atoms with van der Waals surface area (Å²) in [7, 11) is 0. The highest BCUT2D eigenvalue weighted by molar-refractivity contribution is 6.04. The molecule has 0 aliphatic rings. The van der Waals surface area contributed by atoms with E-state index in [0.29, 0.717) is 45.8 Å². The number of hydrogen-bond donors (Lipinski definition) is 1. The van der Waals surface area contributed by atoms with Gasteiger partial charge in [0.05, 0.1) is 28.8 Å². The maximum absolute atomic E-state index is 13.0. The molecular formula is C26H23N3O4. The molecule has 0 radical (unpaired) electrons. The first-order chi connectivity index (χ1) is 16.0. The lowest BCUT2D eigenvalue weighted by Gasteiger charge is -2.12. The molecule has 1 aromatic heterocycles. The zero-order chi connectivity index (χ0) is 23.4. The minimum Gasteiger partial charge on any atom is -0.462 e. The van der Waals surface area contributed by atoms with Gasteiger partial charge >= 0.3 is 5.97 Å². The van der Waals surface area contributed by atoms with Crippen LogP contribution in [0.15, 0.2) is 77.6 Å². The second kappa shape index (κ2) is 9.48. The van der Waals surface area contributed by atoms with Gasteiger partial charge in [-0.15, -0.1) is 0 Å². The lowest BCUT2D eigenvalue weighted by atomic mass is 10.1. The predicted molar refractivity (Wildman–Crippen MR) is 127 cm³/mol. The molecule has 7 heteroatoms. The van der Waals surface area contributed by atoms with Crippen molar-refractivity contribution < 1.29 is 14.3 Å². The molecule has 0 spiro atoms. The van der Waals surface area contributed by atoms with Gasteiger partial charge in [-0.3, -0.25) is 14.2 Å². The molecule has 3 aromatic carbocycles. The van der Waals surface area contributed by atoms with Crippen LogP contribution in [0, 0.1) is 6.92 Å². The highest BCUT2D eigenvalue weighted by Gasteiger charge is 2.12. The molecule has 1 N–H and O–H groups in total. The number of ether oxygens (including phenoxy) is 1. The maximum atomic E-state index is 13.0. The molecule has 1 heterocycles. The lowest BCUT2D eigenvalue weighted by molar-refractivity contribution is 0.0505. The third-order valence-corrected chi connectivity index (χ3v) is 5.15. The molecule has 0 aliphatic carbocycles. The molecular weight excluding hydrogens is 418 g/mol. The fourth-order valence-electron chi connectivity index (χ4n) is 3.48. The van der Waals surface area contributed by atoms with E-state index in [9.17, 15) is 14.4 Å². The first-order valence-electron chi connectivity index (χ1n) is 10.7. The quantitative estimate of drug-likeness (QED) is 0.445. The average molecular weight is 441 g/mol. The Hall–Kier alpha value is -4.26. The van der Waals surface area contributed by atoms with E-state index >= 15 is 0 Å². The van der Waals surface area contributed by atoms with Gasteiger partial charge in [-0.1, -0.05) is 19.1 Å². The summed E-state index contributed by atoms with van der Waals surface area (Å²) in [5, 5.41) is 3.34. The summed E-state index contributed by atoms with van der Waals surface area (Å²) in [5.74, 6) is -0.129. The number of rotatable bonds is 6. The second-order valence-electron chi connectivity index (χ2n) is 7.53. The Balaban J connectivity index is 1.51. The van der Waals surface area contributed by atoms with E-state index in [0.717, 1.165) is 6.42 Å². The van der Waals surface area contributed by atoms with E-state index in [1.54, 1.807) is 67.6 Å². The van der Waals surface area contributed by atoms with Crippen molar-refractivity contribution in [2.75, 3.05) is 11.9 Å². The normalized spacial score (nSPS) is 10.7. The Labute approximate surface area is 190 Å². The summed E-state index contributed by atoms with van der Waals surface area (Å²) < 4.78 is 6.63. The Bertz CT molecular complexity index is 1370. The van der Waals surface area contributed by atoms with Crippen LogP contribution < -0.4 is 10.9 Å². The van der Waals surface area contributed by atoms with Crippen LogP contribution in [0.3, 0.4) is 0 Å². The fraction of sp³-hybridized carbons (Fsp3) is 0.154. The molecule has 0 saturated heterocycles. The third-order valence-electron chi connectivity index (χ3n) is 5.15. The smallest absolute Gasteiger partial charge is 0.338 e. The van der Waals surface area contributed by atoms with Crippen LogP contribution in [0.1, 0.15) is 39.9 Å². The van der Waals surface area contributed by atoms with Gasteiger partial charge in [-0.05, 0) is 74.0 Å². The summed E-state index contributed by atoms with van der Waals surface area (Å²) in [4.78, 5) is 42.0. The van der Waals surface area contributed by atoms with Crippen molar-refractivity contribution in [1.82, 2.24) is 9.55 Å². The van der Waals surface area contributed by atoms with Gasteiger partial charge in [-0.2, -0.15) is 0 Å². The van der Waals surface area contributed by atoms with Crippen LogP contribution in [-0.2, 0) is 4.74 Å². The van der Waals surface area contributed by atoms with Crippen LogP contribution in [0.5, 0.6) is 0 Å². The van der Waals surface area contributed by atoms with E-state index in [1.807, 2.05) is 19.1 Å². The first-order valence-corrected chi connectivity index (χ1v) is 10.7. The van der Waals surface area contributed by atoms with E-state index in [1.165, 1.54) is 4.57 Å². The summed E-state index contributed by atoms with van der Waals surface area (Å²) in [6, 6.07) is 20.5. The van der Waals surface area contributed by atoms with Gasteiger partial charge < -0.3 is 10.1 Å². The summed E-state index contributed by atoms with van der Waals surface area (Å²) in [6.45, 7) is 4.07. The van der Waals surface area contributed by atoms with E-state index in [-0.39, 0.29) is 17.4 Å². The Morgan fingerprint density at radius 1 is 0.939 bits per heavy atom. The summed E-state index contributed by atoms with van der Waals surface area (Å²) in [6.07, 6.45) is 0.754. The zero-order valence-corrected chi connectivity index (χ0v) is 18.4. The van der Waals surface area contributed by atoms with Crippen molar-refractivity contribution in [3.05, 3.63) is 100 Å². The van der Waals surface area contributed by atoms with Crippen LogP contribution in [0.4, 0.5) is 5.69 Å². The second-order valence-corrected chi connectivity index (χ2v) is 7.53. The number of aryl methyl sites for hydroxylation is 1. The molecule has 0 unspecified atom stereocenters. The van der Waals surface area contributed by atoms with Gasteiger partial charge in [0.1, 0.15) is 5.82 Å². The first kappa shape index (κ1) is 22.0. The molecule has 0 aliphatic heterocycles. The van der Waals surface area contributed by atoms with Crippen molar-refractivity contribution in [1.29, 1.82) is 0 Å². The molecule has 0 atom stereocenters. The molecule has 4 aromatic rings. The number of para-hydroxylation sites is 1. The summed E-state index contributed by atoms with van der Waals surface area (Å²) in [5.41, 5.74) is 2.54. The van der Waals surface area contributed by atoms with Gasteiger partial charge in [-0.25, -0.2) is 9.78 Å². The van der Waals surface area contributed by atoms with E-state index in [4.69, 9.17) is 4.74 Å². The number of nitrogens with one attached hydrogen (secondary N) is 1. The van der Waals surface area contributed by atoms with Crippen LogP contribution in [0.25, 0.3) is 16.6 Å². The van der Waals surface area contributed by atoms with Crippen LogP contribution in [0.2, 0.25) is 0 Å². The number of anilines is 1. The van der Waals surface area contributed by atoms with E-state index in [2.05, 4.69) is 10.3 Å². The Morgan fingerprint density at radius 3 is 2.30 bits per heavy atom. The Kier molecular flexibility index (Phi) is 6.31. The maximum Gasteiger partial charge on any atom is 0.338 e. The zero-order valence-electron chi connectivity index (χ0n) is 18.4. The SMILES string of the molecule is CCCOC(=O)c1ccc(NC(=O)c2ccc(-n3c(C)nc4ccccc4c3=O)cc2)cc1. The number of hydrogen-bond acceptors (Lipinski definition) is 5. The molecule has 1 amide bonds. The number of carbonyl (C=O) groups excluding carboxylic acids is 2. The number of nitrogens with zero attached hydrogens (tertiary/aromatic N) is 2. The number of amides is 1. The molecule has 0 bridgehead atoms. The van der Waals surface area contributed by atoms with Gasteiger partial charge in [0.15, 0.2) is 0 Å². The van der Waals surface area contributed by atoms with Crippen molar-refractivity contribution in [3.8, 4) is 5.69 Å². The van der Waals surface area contributed by atoms with Crippen molar-refractivity contribution in [2.45, 2.75) is 20.3 Å². The molecule has 4 rings (SSSR count). The number of aromatic nitrogens is 2. The number of esters is 1. The third kappa shape index (κ3) is 4.67. The molecule has 7 nitrogen and oxygen atoms in total. The van der Waals surface area contributed by atoms with Gasteiger partial charge in [0.2, 0.25) is 0 Å². The van der Waals surface area contributed by atoms with Gasteiger partial charge in [0.25, 0.3) is 11.5 Å². The number of carbonyl (C=O) groups is 2. The number of fused-ring (bicyclic) bond motifs is 1. The predicted octanol–water partition coefficient (Wildman–Crippen LogP) is 4.51. The van der Waals surface area contributed by atoms with Crippen LogP contribution >= 0.6 is 0 Å². The summed E-state index contributed by atoms with van der Waals surface area (Å²) >= 11 is 0. The van der Waals surface area contributed by atoms with Crippen molar-refractivity contribution >= 4 is 28.5 Å². The average Bonchev–Trinajstić information content (AvgIpc) is 2.83. The van der Waals surface area contributed by atoms with E-state index < -0.39 is 0 Å². The molecule has 0 saturated carbocycles. The number of benzene rings is 3. The molecule has 0 fully saturated rings. The highest BCUT2D eigenvalue weighted by Crippen LogP contribution is 2.16. The fourth-order valence-corrected chi connectivity index (χ4v) is 3.48.